The Hall–Kier alpha value is -2.35. The summed E-state index contributed by atoms with van der Waals surface area (Å²) in [5, 5.41) is 12.9. The number of alkyl halides is 3. The monoisotopic (exact) mass is 286 g/mol. The van der Waals surface area contributed by atoms with Crippen LogP contribution in [0.15, 0.2) is 36.5 Å². The number of nitrogens with zero attached hydrogens (tertiary/aromatic N) is 1. The fourth-order valence-electron chi connectivity index (χ4n) is 1.49. The molecular weight excluding hydrogens is 278 g/mol. The number of hydrogen-bond donors (Lipinski definition) is 2. The molecule has 0 aliphatic heterocycles. The molecule has 0 aliphatic rings. The summed E-state index contributed by atoms with van der Waals surface area (Å²) in [5.74, 6) is -0.938. The minimum Gasteiger partial charge on any atom is -0.761 e. The van der Waals surface area contributed by atoms with Gasteiger partial charge in [-0.05, 0) is 24.3 Å². The van der Waals surface area contributed by atoms with Crippen LogP contribution >= 0.6 is 0 Å². The zero-order chi connectivity index (χ0) is 14.8. The largest absolute Gasteiger partial charge is 0.761 e. The van der Waals surface area contributed by atoms with Crippen molar-refractivity contribution in [3.05, 3.63) is 53.1 Å². The third kappa shape index (κ3) is 3.15. The second-order valence-electron chi connectivity index (χ2n) is 3.85. The van der Waals surface area contributed by atoms with Gasteiger partial charge < -0.3 is 16.0 Å². The van der Waals surface area contributed by atoms with Crippen LogP contribution < -0.4 is 10.8 Å². The van der Waals surface area contributed by atoms with Crippen molar-refractivity contribution in [1.82, 2.24) is 4.98 Å². The molecule has 0 atom stereocenters. The van der Waals surface area contributed by atoms with E-state index in [1.807, 2.05) is 0 Å². The molecule has 4 nitrogen and oxygen atoms in total. The third-order valence-electron chi connectivity index (χ3n) is 2.44. The van der Waals surface area contributed by atoms with Gasteiger partial charge in [0.05, 0.1) is 11.3 Å². The Morgan fingerprint density at radius 2 is 1.85 bits per heavy atom. The van der Waals surface area contributed by atoms with E-state index < -0.39 is 17.6 Å². The van der Waals surface area contributed by atoms with Gasteiger partial charge in [-0.2, -0.15) is 13.2 Å². The molecule has 0 fully saturated rings. The molecule has 0 bridgehead atoms. The number of benzene rings is 1. The highest BCUT2D eigenvalue weighted by molar-refractivity contribution is 5.61. The van der Waals surface area contributed by atoms with E-state index in [0.717, 1.165) is 12.1 Å². The average molecular weight is 286 g/mol. The molecule has 1 aromatic carbocycles. The summed E-state index contributed by atoms with van der Waals surface area (Å²) in [6, 6.07) is 4.78. The van der Waals surface area contributed by atoms with Crippen LogP contribution in [0.1, 0.15) is 5.56 Å². The highest BCUT2D eigenvalue weighted by Crippen LogP contribution is 2.32. The van der Waals surface area contributed by atoms with E-state index in [2.05, 4.69) is 10.3 Å². The normalized spacial score (nSPS) is 11.2. The molecule has 2 rings (SSSR count). The molecule has 2 aromatic rings. The van der Waals surface area contributed by atoms with E-state index in [0.29, 0.717) is 6.07 Å². The highest BCUT2D eigenvalue weighted by Gasteiger charge is 2.31. The van der Waals surface area contributed by atoms with Gasteiger partial charge in [0.1, 0.15) is 11.6 Å². The lowest BCUT2D eigenvalue weighted by molar-refractivity contribution is -0.137. The van der Waals surface area contributed by atoms with Crippen molar-refractivity contribution in [2.24, 2.45) is 0 Å². The Morgan fingerprint density at radius 1 is 1.10 bits per heavy atom. The minimum atomic E-state index is -4.61. The molecule has 0 saturated heterocycles. The molecule has 1 heterocycles. The van der Waals surface area contributed by atoms with E-state index in [1.54, 1.807) is 5.48 Å². The van der Waals surface area contributed by atoms with E-state index in [-0.39, 0.29) is 17.2 Å². The maximum absolute atomic E-state index is 13.6. The van der Waals surface area contributed by atoms with Crippen molar-refractivity contribution in [2.45, 2.75) is 6.18 Å². The fourth-order valence-corrected chi connectivity index (χ4v) is 1.49. The Bertz CT molecular complexity index is 616. The standard InChI is InChI=1S/C12H8F4N3O/c13-9-5-7(12(14,15)16)1-2-10(9)18-11-6-8(19-20)3-4-17-11/h1-6H,(H2-,17,18,19,20)/q-1. The van der Waals surface area contributed by atoms with Crippen LogP contribution in [0.25, 0.3) is 0 Å². The molecular formula is C12H8F4N3O-. The number of hydrogen-bond acceptors (Lipinski definition) is 4. The Kier molecular flexibility index (Phi) is 3.75. The quantitative estimate of drug-likeness (QED) is 0.663. The van der Waals surface area contributed by atoms with Gasteiger partial charge in [0.2, 0.25) is 0 Å². The van der Waals surface area contributed by atoms with Crippen LogP contribution in [-0.4, -0.2) is 4.98 Å². The summed E-state index contributed by atoms with van der Waals surface area (Å²) >= 11 is 0. The number of anilines is 3. The first-order valence-corrected chi connectivity index (χ1v) is 5.38. The van der Waals surface area contributed by atoms with Crippen LogP contribution in [-0.2, 0) is 6.18 Å². The van der Waals surface area contributed by atoms with E-state index in [1.165, 1.54) is 18.3 Å². The second-order valence-corrected chi connectivity index (χ2v) is 3.85. The Labute approximate surface area is 111 Å². The number of aromatic nitrogens is 1. The van der Waals surface area contributed by atoms with Crippen LogP contribution in [0.3, 0.4) is 0 Å². The Balaban J connectivity index is 2.25. The number of halogens is 4. The lowest BCUT2D eigenvalue weighted by Crippen LogP contribution is -2.06. The molecule has 8 heteroatoms. The molecule has 0 radical (unpaired) electrons. The lowest BCUT2D eigenvalue weighted by Gasteiger charge is -2.13. The van der Waals surface area contributed by atoms with Gasteiger partial charge in [-0.15, -0.1) is 0 Å². The number of nitrogens with one attached hydrogen (secondary N) is 2. The molecule has 1 aromatic heterocycles. The van der Waals surface area contributed by atoms with Crippen LogP contribution in [0.2, 0.25) is 0 Å². The van der Waals surface area contributed by atoms with Crippen molar-refractivity contribution in [2.75, 3.05) is 10.8 Å². The van der Waals surface area contributed by atoms with E-state index in [4.69, 9.17) is 0 Å². The van der Waals surface area contributed by atoms with E-state index in [9.17, 15) is 22.8 Å². The zero-order valence-electron chi connectivity index (χ0n) is 9.83. The lowest BCUT2D eigenvalue weighted by atomic mass is 10.2. The number of pyridine rings is 1. The Morgan fingerprint density at radius 3 is 2.45 bits per heavy atom. The predicted octanol–water partition coefficient (Wildman–Crippen LogP) is 3.89. The van der Waals surface area contributed by atoms with Crippen LogP contribution in [0, 0.1) is 11.0 Å². The second kappa shape index (κ2) is 5.33. The highest BCUT2D eigenvalue weighted by atomic mass is 19.4. The summed E-state index contributed by atoms with van der Waals surface area (Å²) in [4.78, 5) is 3.82. The summed E-state index contributed by atoms with van der Waals surface area (Å²) in [6.07, 6.45) is -3.31. The van der Waals surface area contributed by atoms with Gasteiger partial charge in [-0.3, -0.25) is 0 Å². The fraction of sp³-hybridized carbons (Fsp3) is 0.0833. The van der Waals surface area contributed by atoms with Gasteiger partial charge in [0, 0.05) is 18.0 Å². The summed E-state index contributed by atoms with van der Waals surface area (Å²) in [5.41, 5.74) is 0.561. The maximum Gasteiger partial charge on any atom is 0.416 e. The molecule has 2 N–H and O–H groups in total. The maximum atomic E-state index is 13.6. The summed E-state index contributed by atoms with van der Waals surface area (Å²) in [7, 11) is 0. The van der Waals surface area contributed by atoms with Gasteiger partial charge >= 0.3 is 6.18 Å². The van der Waals surface area contributed by atoms with Crippen molar-refractivity contribution < 1.29 is 17.6 Å². The third-order valence-corrected chi connectivity index (χ3v) is 2.44. The summed E-state index contributed by atoms with van der Waals surface area (Å²) < 4.78 is 50.7. The average Bonchev–Trinajstić information content (AvgIpc) is 2.40. The summed E-state index contributed by atoms with van der Waals surface area (Å²) in [6.45, 7) is 0. The smallest absolute Gasteiger partial charge is 0.416 e. The van der Waals surface area contributed by atoms with Crippen LogP contribution in [0.4, 0.5) is 34.8 Å². The molecule has 0 amide bonds. The SMILES string of the molecule is [O-]Nc1ccnc(Nc2ccc(C(F)(F)F)cc2F)c1. The molecule has 0 unspecified atom stereocenters. The first-order chi connectivity index (χ1) is 9.40. The van der Waals surface area contributed by atoms with Crippen molar-refractivity contribution in [3.63, 3.8) is 0 Å². The predicted molar refractivity (Wildman–Crippen MR) is 65.9 cm³/mol. The molecule has 0 aliphatic carbocycles. The van der Waals surface area contributed by atoms with Gasteiger partial charge in [0.15, 0.2) is 0 Å². The number of rotatable bonds is 3. The minimum absolute atomic E-state index is 0.129. The molecule has 106 valence electrons. The first kappa shape index (κ1) is 14.1. The van der Waals surface area contributed by atoms with E-state index >= 15 is 0 Å². The van der Waals surface area contributed by atoms with Crippen molar-refractivity contribution >= 4 is 17.2 Å². The first-order valence-electron chi connectivity index (χ1n) is 5.38. The molecule has 20 heavy (non-hydrogen) atoms. The molecule has 0 spiro atoms. The zero-order valence-corrected chi connectivity index (χ0v) is 9.83. The van der Waals surface area contributed by atoms with Crippen molar-refractivity contribution in [1.29, 1.82) is 0 Å². The molecule has 0 saturated carbocycles. The van der Waals surface area contributed by atoms with Gasteiger partial charge in [-0.1, -0.05) is 0 Å². The van der Waals surface area contributed by atoms with Gasteiger partial charge in [-0.25, -0.2) is 9.37 Å². The van der Waals surface area contributed by atoms with Crippen LogP contribution in [0.5, 0.6) is 0 Å². The van der Waals surface area contributed by atoms with Gasteiger partial charge in [0.25, 0.3) is 0 Å². The van der Waals surface area contributed by atoms with Crippen molar-refractivity contribution in [3.8, 4) is 0 Å². The topological polar surface area (TPSA) is 60.0 Å².